The van der Waals surface area contributed by atoms with Crippen molar-refractivity contribution in [2.45, 2.75) is 57.0 Å². The van der Waals surface area contributed by atoms with Crippen LogP contribution in [0.1, 0.15) is 43.2 Å². The summed E-state index contributed by atoms with van der Waals surface area (Å²) in [5.74, 6) is 0.919. The predicted octanol–water partition coefficient (Wildman–Crippen LogP) is 2.72. The zero-order valence-electron chi connectivity index (χ0n) is 13.2. The molecule has 1 N–H and O–H groups in total. The summed E-state index contributed by atoms with van der Waals surface area (Å²) in [5, 5.41) is 8.81. The van der Waals surface area contributed by atoms with Gasteiger partial charge in [-0.2, -0.15) is 0 Å². The van der Waals surface area contributed by atoms with Crippen LogP contribution in [0.3, 0.4) is 0 Å². The van der Waals surface area contributed by atoms with Gasteiger partial charge in [0, 0.05) is 30.2 Å². The van der Waals surface area contributed by atoms with E-state index in [2.05, 4.69) is 18.2 Å². The Bertz CT molecular complexity index is 613. The van der Waals surface area contributed by atoms with Gasteiger partial charge in [-0.15, -0.1) is 0 Å². The summed E-state index contributed by atoms with van der Waals surface area (Å²) in [6.07, 6.45) is 2.74. The second-order valence-electron chi connectivity index (χ2n) is 6.74. The van der Waals surface area contributed by atoms with Gasteiger partial charge >= 0.3 is 5.97 Å². The molecule has 2 aliphatic heterocycles. The van der Waals surface area contributed by atoms with Crippen molar-refractivity contribution >= 4 is 5.97 Å². The van der Waals surface area contributed by atoms with E-state index >= 15 is 0 Å². The SMILES string of the molecule is CC1OC[C@@H]2[C@H]3c4cccc(CCCC(=O)O)c4O[C@H]3C[C@H]2O1. The molecule has 2 fully saturated rings. The summed E-state index contributed by atoms with van der Waals surface area (Å²) in [7, 11) is 0. The van der Waals surface area contributed by atoms with Gasteiger partial charge in [-0.3, -0.25) is 4.79 Å². The summed E-state index contributed by atoms with van der Waals surface area (Å²) < 4.78 is 17.9. The molecule has 1 saturated carbocycles. The maximum Gasteiger partial charge on any atom is 0.303 e. The summed E-state index contributed by atoms with van der Waals surface area (Å²) in [6.45, 7) is 2.67. The molecule has 3 aliphatic rings. The van der Waals surface area contributed by atoms with Crippen LogP contribution in [0.5, 0.6) is 5.75 Å². The highest BCUT2D eigenvalue weighted by Gasteiger charge is 2.52. The highest BCUT2D eigenvalue weighted by Crippen LogP contribution is 2.53. The highest BCUT2D eigenvalue weighted by atomic mass is 16.7. The number of aryl methyl sites for hydroxylation is 1. The molecule has 1 unspecified atom stereocenters. The van der Waals surface area contributed by atoms with E-state index in [1.165, 1.54) is 5.56 Å². The molecule has 1 saturated heterocycles. The largest absolute Gasteiger partial charge is 0.489 e. The standard InChI is InChI=1S/C18H22O5/c1-10-21-9-13-14(22-10)8-15-17(13)12-6-2-4-11(18(12)23-15)5-3-7-16(19)20/h2,4,6,10,13-15,17H,3,5,7-9H2,1H3,(H,19,20)/t10?,13-,14+,15-,17+/m0/s1. The van der Waals surface area contributed by atoms with Crippen LogP contribution in [0.25, 0.3) is 0 Å². The minimum Gasteiger partial charge on any atom is -0.489 e. The lowest BCUT2D eigenvalue weighted by Crippen LogP contribution is -2.37. The van der Waals surface area contributed by atoms with E-state index in [1.807, 2.05) is 6.92 Å². The van der Waals surface area contributed by atoms with Crippen LogP contribution in [-0.2, 0) is 20.7 Å². The maximum atomic E-state index is 10.7. The number of fused-ring (bicyclic) bond motifs is 5. The lowest BCUT2D eigenvalue weighted by molar-refractivity contribution is -0.221. The number of hydrogen-bond donors (Lipinski definition) is 1. The number of benzene rings is 1. The van der Waals surface area contributed by atoms with Crippen LogP contribution in [0.2, 0.25) is 0 Å². The predicted molar refractivity (Wildman–Crippen MR) is 82.6 cm³/mol. The topological polar surface area (TPSA) is 65.0 Å². The summed E-state index contributed by atoms with van der Waals surface area (Å²) in [6, 6.07) is 6.25. The highest BCUT2D eigenvalue weighted by molar-refractivity contribution is 5.66. The van der Waals surface area contributed by atoms with E-state index in [4.69, 9.17) is 19.3 Å². The Kier molecular flexibility index (Phi) is 3.77. The third-order valence-electron chi connectivity index (χ3n) is 5.29. The smallest absolute Gasteiger partial charge is 0.303 e. The Balaban J connectivity index is 1.55. The van der Waals surface area contributed by atoms with Crippen molar-refractivity contribution in [2.75, 3.05) is 6.61 Å². The molecule has 124 valence electrons. The number of carbonyl (C=O) groups is 1. The van der Waals surface area contributed by atoms with E-state index in [0.29, 0.717) is 18.3 Å². The summed E-state index contributed by atoms with van der Waals surface area (Å²) in [5.41, 5.74) is 2.37. The molecule has 5 nitrogen and oxygen atoms in total. The lowest BCUT2D eigenvalue weighted by atomic mass is 9.87. The van der Waals surface area contributed by atoms with Gasteiger partial charge < -0.3 is 19.3 Å². The normalized spacial score (nSPS) is 34.4. The molecule has 0 radical (unpaired) electrons. The van der Waals surface area contributed by atoms with Crippen molar-refractivity contribution in [3.05, 3.63) is 29.3 Å². The summed E-state index contributed by atoms with van der Waals surface area (Å²) >= 11 is 0. The molecule has 0 amide bonds. The van der Waals surface area contributed by atoms with Crippen LogP contribution < -0.4 is 4.74 Å². The fourth-order valence-corrected chi connectivity index (χ4v) is 4.30. The van der Waals surface area contributed by atoms with Gasteiger partial charge in [0.15, 0.2) is 6.29 Å². The minimum absolute atomic E-state index is 0.128. The Hall–Kier alpha value is -1.59. The maximum absolute atomic E-state index is 10.7. The van der Waals surface area contributed by atoms with Crippen molar-refractivity contribution in [2.24, 2.45) is 5.92 Å². The van der Waals surface area contributed by atoms with Crippen molar-refractivity contribution in [1.82, 2.24) is 0 Å². The first-order chi connectivity index (χ1) is 11.1. The Morgan fingerprint density at radius 3 is 3.04 bits per heavy atom. The molecule has 5 atom stereocenters. The zero-order valence-corrected chi connectivity index (χ0v) is 13.2. The first kappa shape index (κ1) is 15.0. The molecule has 1 aromatic carbocycles. The van der Waals surface area contributed by atoms with E-state index in [1.54, 1.807) is 0 Å². The Morgan fingerprint density at radius 1 is 1.35 bits per heavy atom. The van der Waals surface area contributed by atoms with E-state index < -0.39 is 5.97 Å². The Morgan fingerprint density at radius 2 is 2.22 bits per heavy atom. The van der Waals surface area contributed by atoms with Gasteiger partial charge in [-0.05, 0) is 25.3 Å². The fourth-order valence-electron chi connectivity index (χ4n) is 4.30. The van der Waals surface area contributed by atoms with Gasteiger partial charge in [-0.25, -0.2) is 0 Å². The Labute approximate surface area is 135 Å². The third-order valence-corrected chi connectivity index (χ3v) is 5.29. The first-order valence-electron chi connectivity index (χ1n) is 8.41. The van der Waals surface area contributed by atoms with Crippen LogP contribution >= 0.6 is 0 Å². The van der Waals surface area contributed by atoms with Gasteiger partial charge in [0.1, 0.15) is 11.9 Å². The molecular weight excluding hydrogens is 296 g/mol. The fraction of sp³-hybridized carbons (Fsp3) is 0.611. The monoisotopic (exact) mass is 318 g/mol. The number of aliphatic carboxylic acids is 1. The lowest BCUT2D eigenvalue weighted by Gasteiger charge is -2.32. The van der Waals surface area contributed by atoms with Crippen molar-refractivity contribution in [3.8, 4) is 5.75 Å². The third kappa shape index (κ3) is 2.62. The number of ether oxygens (including phenoxy) is 3. The number of carboxylic acid groups (broad SMARTS) is 1. The minimum atomic E-state index is -0.746. The summed E-state index contributed by atoms with van der Waals surface area (Å²) in [4.78, 5) is 10.7. The zero-order chi connectivity index (χ0) is 16.0. The molecule has 0 spiro atoms. The van der Waals surface area contributed by atoms with E-state index in [0.717, 1.165) is 30.8 Å². The molecule has 23 heavy (non-hydrogen) atoms. The number of rotatable bonds is 4. The number of carboxylic acids is 1. The van der Waals surface area contributed by atoms with Crippen molar-refractivity contribution in [3.63, 3.8) is 0 Å². The van der Waals surface area contributed by atoms with Crippen molar-refractivity contribution < 1.29 is 24.1 Å². The van der Waals surface area contributed by atoms with Gasteiger partial charge in [0.2, 0.25) is 0 Å². The van der Waals surface area contributed by atoms with Crippen LogP contribution in [0.4, 0.5) is 0 Å². The molecule has 4 rings (SSSR count). The molecule has 1 aromatic rings. The number of hydrogen-bond acceptors (Lipinski definition) is 4. The van der Waals surface area contributed by atoms with Gasteiger partial charge in [-0.1, -0.05) is 18.2 Å². The molecule has 2 heterocycles. The average molecular weight is 318 g/mol. The molecular formula is C18H22O5. The molecule has 0 bridgehead atoms. The second kappa shape index (κ2) is 5.80. The molecule has 5 heteroatoms. The quantitative estimate of drug-likeness (QED) is 0.924. The first-order valence-corrected chi connectivity index (χ1v) is 8.41. The molecule has 0 aromatic heterocycles. The van der Waals surface area contributed by atoms with E-state index in [-0.39, 0.29) is 24.9 Å². The van der Waals surface area contributed by atoms with Crippen LogP contribution in [0, 0.1) is 5.92 Å². The average Bonchev–Trinajstić information content (AvgIpc) is 3.02. The van der Waals surface area contributed by atoms with E-state index in [9.17, 15) is 4.79 Å². The number of para-hydroxylation sites is 1. The van der Waals surface area contributed by atoms with Crippen LogP contribution in [0.15, 0.2) is 18.2 Å². The van der Waals surface area contributed by atoms with Crippen molar-refractivity contribution in [1.29, 1.82) is 0 Å². The second-order valence-corrected chi connectivity index (χ2v) is 6.74. The van der Waals surface area contributed by atoms with Crippen LogP contribution in [-0.4, -0.2) is 36.2 Å². The van der Waals surface area contributed by atoms with Gasteiger partial charge in [0.05, 0.1) is 12.7 Å². The van der Waals surface area contributed by atoms with Gasteiger partial charge in [0.25, 0.3) is 0 Å². The molecule has 1 aliphatic carbocycles.